The van der Waals surface area contributed by atoms with Crippen molar-refractivity contribution in [3.05, 3.63) is 32.7 Å². The normalized spacial score (nSPS) is 13.4. The van der Waals surface area contributed by atoms with E-state index < -0.39 is 12.5 Å². The van der Waals surface area contributed by atoms with Gasteiger partial charge in [0.05, 0.1) is 6.04 Å². The Morgan fingerprint density at radius 1 is 1.15 bits per heavy atom. The van der Waals surface area contributed by atoms with E-state index in [2.05, 4.69) is 31.9 Å². The van der Waals surface area contributed by atoms with E-state index in [1.807, 2.05) is 0 Å². The smallest absolute Gasteiger partial charge is 0.257 e. The van der Waals surface area contributed by atoms with Crippen LogP contribution >= 0.6 is 31.9 Å². The first-order valence-electron chi connectivity index (χ1n) is 3.51. The molecule has 1 aromatic carbocycles. The Morgan fingerprint density at radius 2 is 1.77 bits per heavy atom. The van der Waals surface area contributed by atoms with Crippen molar-refractivity contribution in [1.29, 1.82) is 0 Å². The van der Waals surface area contributed by atoms with E-state index in [9.17, 15) is 8.78 Å². The molecule has 1 aromatic rings. The Morgan fingerprint density at radius 3 is 2.23 bits per heavy atom. The molecule has 1 rings (SSSR count). The van der Waals surface area contributed by atoms with Gasteiger partial charge in [0, 0.05) is 8.95 Å². The number of hydrogen-bond acceptors (Lipinski definition) is 1. The molecule has 0 spiro atoms. The van der Waals surface area contributed by atoms with Crippen LogP contribution in [0.15, 0.2) is 27.1 Å². The Balaban J connectivity index is 2.97. The molecule has 0 aromatic heterocycles. The van der Waals surface area contributed by atoms with Crippen LogP contribution in [0.25, 0.3) is 0 Å². The van der Waals surface area contributed by atoms with E-state index in [0.29, 0.717) is 5.56 Å². The van der Waals surface area contributed by atoms with Crippen LogP contribution in [-0.4, -0.2) is 6.43 Å². The lowest BCUT2D eigenvalue weighted by atomic mass is 10.1. The van der Waals surface area contributed by atoms with Crippen molar-refractivity contribution in [3.63, 3.8) is 0 Å². The van der Waals surface area contributed by atoms with Crippen LogP contribution in [0.1, 0.15) is 11.6 Å². The highest BCUT2D eigenvalue weighted by Crippen LogP contribution is 2.27. The Bertz CT molecular complexity index is 304. The SMILES string of the molecule is N[C@H](c1ccc(Br)c(Br)c1)C(F)F. The lowest BCUT2D eigenvalue weighted by Crippen LogP contribution is -2.18. The number of halogens is 4. The first-order chi connectivity index (χ1) is 6.02. The van der Waals surface area contributed by atoms with Gasteiger partial charge in [0.2, 0.25) is 0 Å². The third-order valence-corrected chi connectivity index (χ3v) is 3.48. The number of benzene rings is 1. The number of alkyl halides is 2. The molecule has 72 valence electrons. The minimum absolute atomic E-state index is 0.421. The first-order valence-corrected chi connectivity index (χ1v) is 5.09. The third kappa shape index (κ3) is 2.72. The van der Waals surface area contributed by atoms with Crippen molar-refractivity contribution in [3.8, 4) is 0 Å². The average molecular weight is 315 g/mol. The summed E-state index contributed by atoms with van der Waals surface area (Å²) < 4.78 is 25.9. The molecule has 0 saturated heterocycles. The lowest BCUT2D eigenvalue weighted by molar-refractivity contribution is 0.116. The summed E-state index contributed by atoms with van der Waals surface area (Å²) in [6.07, 6.45) is -2.53. The lowest BCUT2D eigenvalue weighted by Gasteiger charge is -2.11. The monoisotopic (exact) mass is 313 g/mol. The summed E-state index contributed by atoms with van der Waals surface area (Å²) in [5.41, 5.74) is 5.69. The second-order valence-corrected chi connectivity index (χ2v) is 4.24. The van der Waals surface area contributed by atoms with Crippen molar-refractivity contribution in [1.82, 2.24) is 0 Å². The Hall–Kier alpha value is -0.000000000000000111. The van der Waals surface area contributed by atoms with Gasteiger partial charge in [-0.15, -0.1) is 0 Å². The van der Waals surface area contributed by atoms with Gasteiger partial charge in [-0.2, -0.15) is 0 Å². The van der Waals surface area contributed by atoms with Gasteiger partial charge < -0.3 is 5.73 Å². The molecule has 0 fully saturated rings. The fourth-order valence-electron chi connectivity index (χ4n) is 0.865. The van der Waals surface area contributed by atoms with Crippen LogP contribution in [0, 0.1) is 0 Å². The molecule has 0 aliphatic carbocycles. The van der Waals surface area contributed by atoms with Gasteiger partial charge >= 0.3 is 0 Å². The van der Waals surface area contributed by atoms with Crippen LogP contribution in [-0.2, 0) is 0 Å². The predicted molar refractivity (Wildman–Crippen MR) is 54.8 cm³/mol. The molecule has 0 heterocycles. The molecule has 13 heavy (non-hydrogen) atoms. The molecule has 0 amide bonds. The molecule has 0 aliphatic heterocycles. The van der Waals surface area contributed by atoms with E-state index in [0.717, 1.165) is 8.95 Å². The largest absolute Gasteiger partial charge is 0.319 e. The van der Waals surface area contributed by atoms with E-state index in [-0.39, 0.29) is 0 Å². The second-order valence-electron chi connectivity index (χ2n) is 2.53. The summed E-state index contributed by atoms with van der Waals surface area (Å²) in [4.78, 5) is 0. The van der Waals surface area contributed by atoms with Crippen molar-refractivity contribution < 1.29 is 8.78 Å². The van der Waals surface area contributed by atoms with Gasteiger partial charge in [0.1, 0.15) is 0 Å². The van der Waals surface area contributed by atoms with E-state index in [4.69, 9.17) is 5.73 Å². The molecule has 5 heteroatoms. The van der Waals surface area contributed by atoms with Crippen molar-refractivity contribution >= 4 is 31.9 Å². The highest BCUT2D eigenvalue weighted by Gasteiger charge is 2.17. The first kappa shape index (κ1) is 11.1. The topological polar surface area (TPSA) is 26.0 Å². The Kier molecular flexibility index (Phi) is 3.82. The highest BCUT2D eigenvalue weighted by molar-refractivity contribution is 9.13. The molecule has 0 saturated carbocycles. The maximum Gasteiger partial charge on any atom is 0.257 e. The maximum absolute atomic E-state index is 12.2. The predicted octanol–water partition coefficient (Wildman–Crippen LogP) is 3.48. The minimum Gasteiger partial charge on any atom is -0.319 e. The molecule has 0 aliphatic rings. The summed E-state index contributed by atoms with van der Waals surface area (Å²) in [7, 11) is 0. The summed E-state index contributed by atoms with van der Waals surface area (Å²) in [5.74, 6) is 0. The molecule has 1 nitrogen and oxygen atoms in total. The van der Waals surface area contributed by atoms with Crippen LogP contribution < -0.4 is 5.73 Å². The average Bonchev–Trinajstić information content (AvgIpc) is 2.08. The fraction of sp³-hybridized carbons (Fsp3) is 0.250. The van der Waals surface area contributed by atoms with Gasteiger partial charge in [-0.1, -0.05) is 6.07 Å². The molecule has 0 unspecified atom stereocenters. The van der Waals surface area contributed by atoms with Crippen LogP contribution in [0.5, 0.6) is 0 Å². The fourth-order valence-corrected chi connectivity index (χ4v) is 1.51. The second kappa shape index (κ2) is 4.48. The summed E-state index contributed by atoms with van der Waals surface area (Å²) in [6, 6.07) is 3.62. The van der Waals surface area contributed by atoms with Gasteiger partial charge in [-0.25, -0.2) is 8.78 Å². The third-order valence-electron chi connectivity index (χ3n) is 1.60. The minimum atomic E-state index is -2.53. The molecule has 1 atom stereocenters. The van der Waals surface area contributed by atoms with Crippen LogP contribution in [0.2, 0.25) is 0 Å². The van der Waals surface area contributed by atoms with Gasteiger partial charge in [-0.05, 0) is 49.6 Å². The Labute approximate surface area is 91.6 Å². The van der Waals surface area contributed by atoms with Crippen molar-refractivity contribution in [2.75, 3.05) is 0 Å². The molecule has 0 radical (unpaired) electrons. The molecule has 0 bridgehead atoms. The zero-order valence-electron chi connectivity index (χ0n) is 6.48. The van der Waals surface area contributed by atoms with Crippen molar-refractivity contribution in [2.45, 2.75) is 12.5 Å². The molecular weight excluding hydrogens is 308 g/mol. The molecular formula is C8H7Br2F2N. The molecule has 2 N–H and O–H groups in total. The highest BCUT2D eigenvalue weighted by atomic mass is 79.9. The number of hydrogen-bond donors (Lipinski definition) is 1. The number of rotatable bonds is 2. The summed E-state index contributed by atoms with van der Waals surface area (Å²) >= 11 is 6.46. The number of nitrogens with two attached hydrogens (primary N) is 1. The summed E-state index contributed by atoms with van der Waals surface area (Å²) in [6.45, 7) is 0. The summed E-state index contributed by atoms with van der Waals surface area (Å²) in [5, 5.41) is 0. The standard InChI is InChI=1S/C8H7Br2F2N/c9-5-2-1-4(3-6(5)10)7(13)8(11)12/h1-3,7-8H,13H2/t7-/m1/s1. The van der Waals surface area contributed by atoms with E-state index in [1.54, 1.807) is 18.2 Å². The van der Waals surface area contributed by atoms with Gasteiger partial charge in [0.15, 0.2) is 0 Å². The van der Waals surface area contributed by atoms with Gasteiger partial charge in [0.25, 0.3) is 6.43 Å². The zero-order chi connectivity index (χ0) is 10.0. The van der Waals surface area contributed by atoms with E-state index in [1.165, 1.54) is 0 Å². The zero-order valence-corrected chi connectivity index (χ0v) is 9.65. The van der Waals surface area contributed by atoms with Gasteiger partial charge in [-0.3, -0.25) is 0 Å². The van der Waals surface area contributed by atoms with Crippen LogP contribution in [0.4, 0.5) is 8.78 Å². The maximum atomic E-state index is 12.2. The van der Waals surface area contributed by atoms with E-state index >= 15 is 0 Å². The van der Waals surface area contributed by atoms with Crippen molar-refractivity contribution in [2.24, 2.45) is 5.73 Å². The quantitative estimate of drug-likeness (QED) is 0.888. The van der Waals surface area contributed by atoms with Crippen LogP contribution in [0.3, 0.4) is 0 Å².